The monoisotopic (exact) mass is 246 g/mol. The fourth-order valence-electron chi connectivity index (χ4n) is 1.66. The number of nitriles is 1. The zero-order valence-electron chi connectivity index (χ0n) is 9.62. The van der Waals surface area contributed by atoms with Crippen molar-refractivity contribution >= 4 is 17.7 Å². The molecular formula is C12H10N2O4. The van der Waals surface area contributed by atoms with Crippen molar-refractivity contribution in [3.8, 4) is 6.07 Å². The van der Waals surface area contributed by atoms with Crippen LogP contribution in [0.2, 0.25) is 0 Å². The number of methoxy groups -OCH3 is 1. The number of anilines is 1. The standard InChI is InChI=1S/C12H10N2O4/c1-17-11(15)8-3-2-4-9(5-8)14-7-10(6-13)18-12(14)16/h2-5,10H,7H2,1H3. The maximum absolute atomic E-state index is 11.5. The topological polar surface area (TPSA) is 79.6 Å². The highest BCUT2D eigenvalue weighted by atomic mass is 16.6. The predicted molar refractivity (Wildman–Crippen MR) is 61.0 cm³/mol. The van der Waals surface area contributed by atoms with Crippen LogP contribution >= 0.6 is 0 Å². The fourth-order valence-corrected chi connectivity index (χ4v) is 1.66. The molecule has 6 nitrogen and oxygen atoms in total. The molecule has 1 aromatic rings. The van der Waals surface area contributed by atoms with Crippen LogP contribution in [0.15, 0.2) is 24.3 Å². The van der Waals surface area contributed by atoms with Gasteiger partial charge < -0.3 is 9.47 Å². The quantitative estimate of drug-likeness (QED) is 0.735. The molecule has 0 radical (unpaired) electrons. The fraction of sp³-hybridized carbons (Fsp3) is 0.250. The highest BCUT2D eigenvalue weighted by molar-refractivity contribution is 5.94. The average molecular weight is 246 g/mol. The Morgan fingerprint density at radius 2 is 2.39 bits per heavy atom. The van der Waals surface area contributed by atoms with Gasteiger partial charge in [0.05, 0.1) is 19.2 Å². The van der Waals surface area contributed by atoms with Gasteiger partial charge in [0, 0.05) is 5.69 Å². The van der Waals surface area contributed by atoms with E-state index in [0.717, 1.165) is 0 Å². The third-order valence-corrected chi connectivity index (χ3v) is 2.53. The molecule has 0 aliphatic carbocycles. The van der Waals surface area contributed by atoms with Crippen molar-refractivity contribution in [1.82, 2.24) is 0 Å². The molecule has 1 atom stereocenters. The molecule has 1 aliphatic heterocycles. The zero-order chi connectivity index (χ0) is 13.1. The minimum atomic E-state index is -0.778. The first kappa shape index (κ1) is 11.9. The highest BCUT2D eigenvalue weighted by Gasteiger charge is 2.32. The summed E-state index contributed by atoms with van der Waals surface area (Å²) in [5.74, 6) is -0.485. The Balaban J connectivity index is 2.27. The molecule has 0 spiro atoms. The minimum absolute atomic E-state index is 0.153. The second kappa shape index (κ2) is 4.75. The third kappa shape index (κ3) is 2.11. The van der Waals surface area contributed by atoms with Gasteiger partial charge in [-0.25, -0.2) is 9.59 Å². The molecule has 6 heteroatoms. The minimum Gasteiger partial charge on any atom is -0.465 e. The van der Waals surface area contributed by atoms with Crippen molar-refractivity contribution in [2.75, 3.05) is 18.6 Å². The molecule has 2 rings (SSSR count). The first-order valence-electron chi connectivity index (χ1n) is 5.22. The molecule has 1 fully saturated rings. The van der Waals surface area contributed by atoms with Crippen molar-refractivity contribution < 1.29 is 19.1 Å². The summed E-state index contributed by atoms with van der Waals surface area (Å²) in [7, 11) is 1.28. The molecule has 0 N–H and O–H groups in total. The van der Waals surface area contributed by atoms with Crippen molar-refractivity contribution in [2.45, 2.75) is 6.10 Å². The molecule has 0 aromatic heterocycles. The maximum Gasteiger partial charge on any atom is 0.415 e. The number of amides is 1. The van der Waals surface area contributed by atoms with E-state index in [2.05, 4.69) is 4.74 Å². The Morgan fingerprint density at radius 3 is 3.00 bits per heavy atom. The average Bonchev–Trinajstić information content (AvgIpc) is 2.79. The van der Waals surface area contributed by atoms with Gasteiger partial charge in [0.25, 0.3) is 0 Å². The van der Waals surface area contributed by atoms with Gasteiger partial charge in [-0.05, 0) is 18.2 Å². The number of nitrogens with zero attached hydrogens (tertiary/aromatic N) is 2. The summed E-state index contributed by atoms with van der Waals surface area (Å²) in [6.45, 7) is 0.153. The summed E-state index contributed by atoms with van der Waals surface area (Å²) in [6.07, 6.45) is -1.37. The van der Waals surface area contributed by atoms with Crippen molar-refractivity contribution in [3.63, 3.8) is 0 Å². The van der Waals surface area contributed by atoms with Crippen LogP contribution in [0.1, 0.15) is 10.4 Å². The number of rotatable bonds is 2. The van der Waals surface area contributed by atoms with Crippen LogP contribution in [0.5, 0.6) is 0 Å². The molecule has 18 heavy (non-hydrogen) atoms. The van der Waals surface area contributed by atoms with Crippen LogP contribution in [0.25, 0.3) is 0 Å². The van der Waals surface area contributed by atoms with E-state index in [-0.39, 0.29) is 6.54 Å². The number of cyclic esters (lactones) is 1. The van der Waals surface area contributed by atoms with Gasteiger partial charge >= 0.3 is 12.1 Å². The summed E-state index contributed by atoms with van der Waals surface area (Å²) in [5, 5.41) is 8.70. The number of esters is 1. The number of hydrogen-bond donors (Lipinski definition) is 0. The van der Waals surface area contributed by atoms with Gasteiger partial charge in [-0.3, -0.25) is 4.90 Å². The van der Waals surface area contributed by atoms with Crippen molar-refractivity contribution in [1.29, 1.82) is 5.26 Å². The Morgan fingerprint density at radius 1 is 1.61 bits per heavy atom. The molecule has 0 bridgehead atoms. The lowest BCUT2D eigenvalue weighted by atomic mass is 10.2. The van der Waals surface area contributed by atoms with Gasteiger partial charge in [0.15, 0.2) is 0 Å². The predicted octanol–water partition coefficient (Wildman–Crippen LogP) is 1.32. The lowest BCUT2D eigenvalue weighted by molar-refractivity contribution is 0.0600. The van der Waals surface area contributed by atoms with Crippen molar-refractivity contribution in [3.05, 3.63) is 29.8 Å². The van der Waals surface area contributed by atoms with Crippen molar-refractivity contribution in [2.24, 2.45) is 0 Å². The second-order valence-corrected chi connectivity index (χ2v) is 3.65. The summed E-state index contributed by atoms with van der Waals surface area (Å²) in [5.41, 5.74) is 0.837. The number of benzene rings is 1. The first-order valence-corrected chi connectivity index (χ1v) is 5.22. The Hall–Kier alpha value is -2.55. The van der Waals surface area contributed by atoms with E-state index in [1.54, 1.807) is 18.2 Å². The van der Waals surface area contributed by atoms with E-state index in [9.17, 15) is 9.59 Å². The van der Waals surface area contributed by atoms with Crippen LogP contribution in [0, 0.1) is 11.3 Å². The third-order valence-electron chi connectivity index (χ3n) is 2.53. The Kier molecular flexibility index (Phi) is 3.15. The number of hydrogen-bond acceptors (Lipinski definition) is 5. The lowest BCUT2D eigenvalue weighted by Crippen LogP contribution is -2.24. The molecule has 92 valence electrons. The number of ether oxygens (including phenoxy) is 2. The molecule has 1 unspecified atom stereocenters. The van der Waals surface area contributed by atoms with Crippen LogP contribution in [0.4, 0.5) is 10.5 Å². The Bertz CT molecular complexity index is 535. The SMILES string of the molecule is COC(=O)c1cccc(N2CC(C#N)OC2=O)c1. The maximum atomic E-state index is 11.5. The van der Waals surface area contributed by atoms with E-state index in [4.69, 9.17) is 10.00 Å². The Labute approximate surface area is 103 Å². The lowest BCUT2D eigenvalue weighted by Gasteiger charge is -2.13. The second-order valence-electron chi connectivity index (χ2n) is 3.65. The van der Waals surface area contributed by atoms with Gasteiger partial charge in [-0.15, -0.1) is 0 Å². The largest absolute Gasteiger partial charge is 0.465 e. The molecule has 1 amide bonds. The summed E-state index contributed by atoms with van der Waals surface area (Å²) in [6, 6.07) is 8.26. The molecular weight excluding hydrogens is 236 g/mol. The molecule has 1 heterocycles. The van der Waals surface area contributed by atoms with Crippen LogP contribution < -0.4 is 4.90 Å². The molecule has 1 aliphatic rings. The summed E-state index contributed by atoms with van der Waals surface area (Å²) < 4.78 is 9.41. The molecule has 0 saturated carbocycles. The van der Waals surface area contributed by atoms with Crippen LogP contribution in [-0.4, -0.2) is 31.8 Å². The smallest absolute Gasteiger partial charge is 0.415 e. The highest BCUT2D eigenvalue weighted by Crippen LogP contribution is 2.22. The van der Waals surface area contributed by atoms with Crippen LogP contribution in [-0.2, 0) is 9.47 Å². The number of carbonyl (C=O) groups is 2. The summed E-state index contributed by atoms with van der Waals surface area (Å²) in [4.78, 5) is 24.2. The van der Waals surface area contributed by atoms with Gasteiger partial charge in [-0.2, -0.15) is 5.26 Å². The first-order chi connectivity index (χ1) is 8.65. The van der Waals surface area contributed by atoms with Crippen LogP contribution in [0.3, 0.4) is 0 Å². The van der Waals surface area contributed by atoms with Gasteiger partial charge in [0.2, 0.25) is 6.10 Å². The van der Waals surface area contributed by atoms with E-state index < -0.39 is 18.2 Å². The van der Waals surface area contributed by atoms with E-state index in [1.165, 1.54) is 18.1 Å². The molecule has 1 aromatic carbocycles. The normalized spacial score (nSPS) is 18.1. The van der Waals surface area contributed by atoms with Gasteiger partial charge in [-0.1, -0.05) is 6.07 Å². The van der Waals surface area contributed by atoms with E-state index in [0.29, 0.717) is 11.3 Å². The van der Waals surface area contributed by atoms with E-state index >= 15 is 0 Å². The van der Waals surface area contributed by atoms with Gasteiger partial charge in [0.1, 0.15) is 6.07 Å². The zero-order valence-corrected chi connectivity index (χ0v) is 9.62. The number of carbonyl (C=O) groups excluding carboxylic acids is 2. The summed E-state index contributed by atoms with van der Waals surface area (Å²) >= 11 is 0. The van der Waals surface area contributed by atoms with E-state index in [1.807, 2.05) is 6.07 Å². The molecule has 1 saturated heterocycles.